The molecule has 1 saturated carbocycles. The van der Waals surface area contributed by atoms with Crippen LogP contribution in [0.5, 0.6) is 0 Å². The van der Waals surface area contributed by atoms with Gasteiger partial charge in [-0.25, -0.2) is 0 Å². The van der Waals surface area contributed by atoms with Crippen molar-refractivity contribution in [3.8, 4) is 0 Å². The lowest BCUT2D eigenvalue weighted by molar-refractivity contribution is 0.0817. The highest BCUT2D eigenvalue weighted by molar-refractivity contribution is 5.93. The summed E-state index contributed by atoms with van der Waals surface area (Å²) in [5.41, 5.74) is 7.06. The summed E-state index contributed by atoms with van der Waals surface area (Å²) in [6.45, 7) is 0. The number of hydrogen-bond acceptors (Lipinski definition) is 2. The number of amides is 1. The topological polar surface area (TPSA) is 51.3 Å². The Balaban J connectivity index is 2.35. The summed E-state index contributed by atoms with van der Waals surface area (Å²) < 4.78 is 2.00. The average molecular weight is 193 g/mol. The van der Waals surface area contributed by atoms with Gasteiger partial charge in [-0.05, 0) is 18.9 Å². The van der Waals surface area contributed by atoms with E-state index < -0.39 is 0 Å². The molecule has 1 fully saturated rings. The zero-order chi connectivity index (χ0) is 10.3. The van der Waals surface area contributed by atoms with Crippen LogP contribution in [0.3, 0.4) is 0 Å². The van der Waals surface area contributed by atoms with Gasteiger partial charge in [-0.2, -0.15) is 0 Å². The van der Waals surface area contributed by atoms with E-state index in [1.165, 1.54) is 0 Å². The molecule has 14 heavy (non-hydrogen) atoms. The third-order valence-corrected chi connectivity index (χ3v) is 2.44. The Kier molecular flexibility index (Phi) is 1.98. The fourth-order valence-corrected chi connectivity index (χ4v) is 1.56. The minimum atomic E-state index is 0.0219. The highest BCUT2D eigenvalue weighted by Crippen LogP contribution is 2.37. The number of nitrogen functional groups attached to an aromatic ring is 1. The van der Waals surface area contributed by atoms with Crippen LogP contribution in [0, 0.1) is 0 Å². The third-order valence-electron chi connectivity index (χ3n) is 2.44. The van der Waals surface area contributed by atoms with E-state index in [0.29, 0.717) is 17.4 Å². The zero-order valence-electron chi connectivity index (χ0n) is 8.53. The first-order valence-electron chi connectivity index (χ1n) is 4.78. The molecule has 1 aromatic rings. The van der Waals surface area contributed by atoms with Crippen molar-refractivity contribution < 1.29 is 4.79 Å². The Hall–Kier alpha value is -1.45. The van der Waals surface area contributed by atoms with Gasteiger partial charge in [-0.1, -0.05) is 0 Å². The van der Waals surface area contributed by atoms with Crippen LogP contribution in [-0.4, -0.2) is 29.5 Å². The molecule has 1 aromatic heterocycles. The zero-order valence-corrected chi connectivity index (χ0v) is 8.53. The molecule has 1 aliphatic rings. The minimum Gasteiger partial charge on any atom is -0.397 e. The predicted octanol–water partition coefficient (Wildman–Crippen LogP) is 1.11. The number of nitrogens with zero attached hydrogens (tertiary/aromatic N) is 2. The van der Waals surface area contributed by atoms with Crippen LogP contribution in [0.25, 0.3) is 0 Å². The Morgan fingerprint density at radius 3 is 2.71 bits per heavy atom. The highest BCUT2D eigenvalue weighted by atomic mass is 16.2. The normalized spacial score (nSPS) is 15.6. The van der Waals surface area contributed by atoms with Gasteiger partial charge in [0, 0.05) is 26.3 Å². The van der Waals surface area contributed by atoms with Crippen molar-refractivity contribution in [1.29, 1.82) is 0 Å². The number of nitrogens with two attached hydrogens (primary N) is 1. The first-order valence-corrected chi connectivity index (χ1v) is 4.78. The van der Waals surface area contributed by atoms with Gasteiger partial charge < -0.3 is 15.2 Å². The van der Waals surface area contributed by atoms with Crippen molar-refractivity contribution in [2.75, 3.05) is 19.8 Å². The van der Waals surface area contributed by atoms with Gasteiger partial charge in [-0.15, -0.1) is 0 Å². The maximum absolute atomic E-state index is 11.8. The van der Waals surface area contributed by atoms with Crippen LogP contribution in [0.15, 0.2) is 12.3 Å². The quantitative estimate of drug-likeness (QED) is 0.764. The lowest BCUT2D eigenvalue weighted by atomic mass is 10.3. The molecule has 4 nitrogen and oxygen atoms in total. The first kappa shape index (κ1) is 9.12. The molecule has 2 rings (SSSR count). The molecular weight excluding hydrogens is 178 g/mol. The van der Waals surface area contributed by atoms with Gasteiger partial charge in [0.15, 0.2) is 0 Å². The molecule has 0 aliphatic heterocycles. The average Bonchev–Trinajstić information content (AvgIpc) is 2.88. The minimum absolute atomic E-state index is 0.0219. The van der Waals surface area contributed by atoms with E-state index in [1.807, 2.05) is 10.8 Å². The monoisotopic (exact) mass is 193 g/mol. The van der Waals surface area contributed by atoms with Crippen molar-refractivity contribution in [2.45, 2.75) is 18.9 Å². The largest absolute Gasteiger partial charge is 0.397 e. The van der Waals surface area contributed by atoms with E-state index in [4.69, 9.17) is 5.73 Å². The number of hydrogen-bond donors (Lipinski definition) is 1. The van der Waals surface area contributed by atoms with Crippen molar-refractivity contribution >= 4 is 11.6 Å². The Morgan fingerprint density at radius 2 is 2.21 bits per heavy atom. The van der Waals surface area contributed by atoms with Gasteiger partial charge in [-0.3, -0.25) is 4.79 Å². The Labute approximate surface area is 83.3 Å². The lowest BCUT2D eigenvalue weighted by Crippen LogP contribution is -2.24. The number of anilines is 1. The molecule has 1 heterocycles. The number of aromatic nitrogens is 1. The molecule has 0 unspecified atom stereocenters. The van der Waals surface area contributed by atoms with E-state index in [2.05, 4.69) is 0 Å². The first-order chi connectivity index (χ1) is 6.59. The fourth-order valence-electron chi connectivity index (χ4n) is 1.56. The van der Waals surface area contributed by atoms with Gasteiger partial charge >= 0.3 is 0 Å². The molecular formula is C10H15N3O. The molecule has 1 amide bonds. The molecule has 0 radical (unpaired) electrons. The van der Waals surface area contributed by atoms with Crippen LogP contribution in [0.4, 0.5) is 5.69 Å². The van der Waals surface area contributed by atoms with Crippen LogP contribution in [0.1, 0.15) is 29.4 Å². The van der Waals surface area contributed by atoms with Gasteiger partial charge in [0.25, 0.3) is 5.91 Å². The molecule has 76 valence electrons. The van der Waals surface area contributed by atoms with Crippen LogP contribution in [-0.2, 0) is 0 Å². The second-order valence-electron chi connectivity index (χ2n) is 4.00. The molecule has 0 spiro atoms. The van der Waals surface area contributed by atoms with Gasteiger partial charge in [0.05, 0.1) is 5.69 Å². The van der Waals surface area contributed by atoms with E-state index in [0.717, 1.165) is 12.8 Å². The second-order valence-corrected chi connectivity index (χ2v) is 4.00. The highest BCUT2D eigenvalue weighted by Gasteiger charge is 2.28. The maximum Gasteiger partial charge on any atom is 0.270 e. The summed E-state index contributed by atoms with van der Waals surface area (Å²) in [6, 6.07) is 2.24. The standard InChI is InChI=1S/C10H15N3O/c1-12(2)10(14)9-5-7(11)6-13(9)8-3-4-8/h5-6,8H,3-4,11H2,1-2H3. The summed E-state index contributed by atoms with van der Waals surface area (Å²) in [6.07, 6.45) is 4.16. The smallest absolute Gasteiger partial charge is 0.270 e. The number of carbonyl (C=O) groups is 1. The molecule has 0 atom stereocenters. The summed E-state index contributed by atoms with van der Waals surface area (Å²) >= 11 is 0. The Morgan fingerprint density at radius 1 is 1.57 bits per heavy atom. The van der Waals surface area contributed by atoms with Gasteiger partial charge in [0.1, 0.15) is 5.69 Å². The number of rotatable bonds is 2. The van der Waals surface area contributed by atoms with Crippen LogP contribution in [0.2, 0.25) is 0 Å². The molecule has 1 aliphatic carbocycles. The molecule has 0 saturated heterocycles. The van der Waals surface area contributed by atoms with Crippen molar-refractivity contribution in [2.24, 2.45) is 0 Å². The predicted molar refractivity (Wildman–Crippen MR) is 55.1 cm³/mol. The number of carbonyl (C=O) groups excluding carboxylic acids is 1. The fraction of sp³-hybridized carbons (Fsp3) is 0.500. The van der Waals surface area contributed by atoms with E-state index in [-0.39, 0.29) is 5.91 Å². The van der Waals surface area contributed by atoms with E-state index in [1.54, 1.807) is 25.1 Å². The second kappa shape index (κ2) is 3.04. The Bertz CT molecular complexity index is 363. The summed E-state index contributed by atoms with van der Waals surface area (Å²) in [5.74, 6) is 0.0219. The lowest BCUT2D eigenvalue weighted by Gasteiger charge is -2.12. The maximum atomic E-state index is 11.8. The molecule has 2 N–H and O–H groups in total. The van der Waals surface area contributed by atoms with Crippen molar-refractivity contribution in [3.05, 3.63) is 18.0 Å². The van der Waals surface area contributed by atoms with Crippen LogP contribution < -0.4 is 5.73 Å². The molecule has 0 aromatic carbocycles. The van der Waals surface area contributed by atoms with E-state index >= 15 is 0 Å². The third kappa shape index (κ3) is 1.47. The molecule has 0 bridgehead atoms. The SMILES string of the molecule is CN(C)C(=O)c1cc(N)cn1C1CC1. The van der Waals surface area contributed by atoms with Crippen LogP contribution >= 0.6 is 0 Å². The van der Waals surface area contributed by atoms with Crippen molar-refractivity contribution in [1.82, 2.24) is 9.47 Å². The van der Waals surface area contributed by atoms with Crippen molar-refractivity contribution in [3.63, 3.8) is 0 Å². The van der Waals surface area contributed by atoms with E-state index in [9.17, 15) is 4.79 Å². The molecule has 4 heteroatoms. The summed E-state index contributed by atoms with van der Waals surface area (Å²) in [4.78, 5) is 13.3. The van der Waals surface area contributed by atoms with Gasteiger partial charge in [0.2, 0.25) is 0 Å². The summed E-state index contributed by atoms with van der Waals surface area (Å²) in [5, 5.41) is 0. The summed E-state index contributed by atoms with van der Waals surface area (Å²) in [7, 11) is 3.51.